The van der Waals surface area contributed by atoms with Crippen molar-refractivity contribution in [1.82, 2.24) is 15.1 Å². The Kier molecular flexibility index (Phi) is 7.47. The standard InChI is InChI=1S/C23H30FN3O2/c1-18(15-20-5-3-6-22(16-20)29-2)25-23(28)27-12-4-11-26(13-14-27)17-19-7-9-21(24)10-8-19/h3,5-10,16,18H,4,11-15,17H2,1-2H3,(H,25,28). The quantitative estimate of drug-likeness (QED) is 0.806. The molecule has 3 rings (SSSR count). The van der Waals surface area contributed by atoms with Crippen LogP contribution in [0, 0.1) is 5.82 Å². The van der Waals surface area contributed by atoms with Crippen molar-refractivity contribution in [3.63, 3.8) is 0 Å². The van der Waals surface area contributed by atoms with Crippen LogP contribution in [0.25, 0.3) is 0 Å². The summed E-state index contributed by atoms with van der Waals surface area (Å²) < 4.78 is 18.3. The molecule has 1 aliphatic heterocycles. The van der Waals surface area contributed by atoms with Crippen LogP contribution in [0.1, 0.15) is 24.5 Å². The minimum atomic E-state index is -0.212. The lowest BCUT2D eigenvalue weighted by Crippen LogP contribution is -2.45. The first kappa shape index (κ1) is 21.1. The summed E-state index contributed by atoms with van der Waals surface area (Å²) in [6, 6.07) is 14.6. The molecular formula is C23H30FN3O2. The van der Waals surface area contributed by atoms with Crippen molar-refractivity contribution in [2.45, 2.75) is 32.4 Å². The predicted molar refractivity (Wildman–Crippen MR) is 113 cm³/mol. The minimum absolute atomic E-state index is 0.0102. The fourth-order valence-electron chi connectivity index (χ4n) is 3.69. The predicted octanol–water partition coefficient (Wildman–Crippen LogP) is 3.68. The molecule has 0 spiro atoms. The first-order valence-corrected chi connectivity index (χ1v) is 10.2. The summed E-state index contributed by atoms with van der Waals surface area (Å²) in [5.41, 5.74) is 2.23. The monoisotopic (exact) mass is 399 g/mol. The second kappa shape index (κ2) is 10.3. The molecule has 5 nitrogen and oxygen atoms in total. The topological polar surface area (TPSA) is 44.8 Å². The van der Waals surface area contributed by atoms with Gasteiger partial charge in [0.2, 0.25) is 0 Å². The zero-order chi connectivity index (χ0) is 20.6. The highest BCUT2D eigenvalue weighted by Gasteiger charge is 2.20. The lowest BCUT2D eigenvalue weighted by molar-refractivity contribution is 0.194. The Morgan fingerprint density at radius 1 is 1.10 bits per heavy atom. The van der Waals surface area contributed by atoms with Crippen molar-refractivity contribution in [3.05, 3.63) is 65.5 Å². The first-order valence-electron chi connectivity index (χ1n) is 10.2. The van der Waals surface area contributed by atoms with E-state index in [-0.39, 0.29) is 17.9 Å². The van der Waals surface area contributed by atoms with Crippen LogP contribution in [-0.4, -0.2) is 55.2 Å². The van der Waals surface area contributed by atoms with E-state index in [4.69, 9.17) is 4.74 Å². The van der Waals surface area contributed by atoms with Crippen molar-refractivity contribution < 1.29 is 13.9 Å². The molecule has 0 bridgehead atoms. The Bertz CT molecular complexity index is 797. The third kappa shape index (κ3) is 6.46. The molecule has 1 saturated heterocycles. The third-order valence-corrected chi connectivity index (χ3v) is 5.24. The van der Waals surface area contributed by atoms with Gasteiger partial charge in [0.25, 0.3) is 0 Å². The van der Waals surface area contributed by atoms with Gasteiger partial charge in [-0.1, -0.05) is 24.3 Å². The third-order valence-electron chi connectivity index (χ3n) is 5.24. The van der Waals surface area contributed by atoms with E-state index in [1.807, 2.05) is 48.2 Å². The molecular weight excluding hydrogens is 369 g/mol. The van der Waals surface area contributed by atoms with E-state index in [9.17, 15) is 9.18 Å². The molecule has 1 unspecified atom stereocenters. The molecule has 1 aliphatic rings. The molecule has 0 radical (unpaired) electrons. The van der Waals surface area contributed by atoms with Gasteiger partial charge in [0.05, 0.1) is 7.11 Å². The first-order chi connectivity index (χ1) is 14.0. The molecule has 0 aromatic heterocycles. The van der Waals surface area contributed by atoms with Gasteiger partial charge in [-0.25, -0.2) is 9.18 Å². The summed E-state index contributed by atoms with van der Waals surface area (Å²) in [5.74, 6) is 0.616. The Hall–Kier alpha value is -2.60. The maximum absolute atomic E-state index is 13.1. The number of nitrogens with one attached hydrogen (secondary N) is 1. The van der Waals surface area contributed by atoms with Crippen LogP contribution in [0.5, 0.6) is 5.75 Å². The number of nitrogens with zero attached hydrogens (tertiary/aromatic N) is 2. The number of methoxy groups -OCH3 is 1. The van der Waals surface area contributed by atoms with Gasteiger partial charge in [0.1, 0.15) is 11.6 Å². The maximum atomic E-state index is 13.1. The van der Waals surface area contributed by atoms with Crippen LogP contribution in [-0.2, 0) is 13.0 Å². The molecule has 2 aromatic carbocycles. The average molecular weight is 400 g/mol. The number of rotatable bonds is 6. The van der Waals surface area contributed by atoms with Crippen LogP contribution in [0.2, 0.25) is 0 Å². The van der Waals surface area contributed by atoms with E-state index in [0.717, 1.165) is 55.9 Å². The fraction of sp³-hybridized carbons (Fsp3) is 0.435. The van der Waals surface area contributed by atoms with Crippen LogP contribution in [0.4, 0.5) is 9.18 Å². The number of carbonyl (C=O) groups is 1. The Labute approximate surface area is 172 Å². The lowest BCUT2D eigenvalue weighted by Gasteiger charge is -2.24. The smallest absolute Gasteiger partial charge is 0.317 e. The van der Waals surface area contributed by atoms with E-state index >= 15 is 0 Å². The summed E-state index contributed by atoms with van der Waals surface area (Å²) in [6.45, 7) is 5.99. The number of ether oxygens (including phenoxy) is 1. The molecule has 1 heterocycles. The van der Waals surface area contributed by atoms with Gasteiger partial charge in [-0.2, -0.15) is 0 Å². The Morgan fingerprint density at radius 3 is 2.66 bits per heavy atom. The van der Waals surface area contributed by atoms with Crippen LogP contribution in [0.3, 0.4) is 0 Å². The molecule has 0 saturated carbocycles. The SMILES string of the molecule is COc1cccc(CC(C)NC(=O)N2CCCN(Cc3ccc(F)cc3)CC2)c1. The van der Waals surface area contributed by atoms with Crippen molar-refractivity contribution in [2.75, 3.05) is 33.3 Å². The van der Waals surface area contributed by atoms with Crippen molar-refractivity contribution in [3.8, 4) is 5.75 Å². The number of urea groups is 1. The van der Waals surface area contributed by atoms with E-state index in [1.165, 1.54) is 12.1 Å². The summed E-state index contributed by atoms with van der Waals surface area (Å²) >= 11 is 0. The number of hydrogen-bond donors (Lipinski definition) is 1. The number of hydrogen-bond acceptors (Lipinski definition) is 3. The molecule has 156 valence electrons. The number of amides is 2. The van der Waals surface area contributed by atoms with E-state index < -0.39 is 0 Å². The molecule has 1 fully saturated rings. The van der Waals surface area contributed by atoms with Gasteiger partial charge in [-0.3, -0.25) is 4.90 Å². The van der Waals surface area contributed by atoms with Gasteiger partial charge in [0, 0.05) is 38.8 Å². The number of benzene rings is 2. The summed E-state index contributed by atoms with van der Waals surface area (Å²) in [7, 11) is 1.66. The molecule has 6 heteroatoms. The van der Waals surface area contributed by atoms with E-state index in [0.29, 0.717) is 6.54 Å². The zero-order valence-corrected chi connectivity index (χ0v) is 17.2. The van der Waals surface area contributed by atoms with Crippen LogP contribution >= 0.6 is 0 Å². The zero-order valence-electron chi connectivity index (χ0n) is 17.2. The molecule has 29 heavy (non-hydrogen) atoms. The normalized spacial score (nSPS) is 16.2. The summed E-state index contributed by atoms with van der Waals surface area (Å²) in [4.78, 5) is 16.9. The highest BCUT2D eigenvalue weighted by molar-refractivity contribution is 5.74. The minimum Gasteiger partial charge on any atom is -0.497 e. The van der Waals surface area contributed by atoms with Crippen molar-refractivity contribution in [2.24, 2.45) is 0 Å². The van der Waals surface area contributed by atoms with Crippen molar-refractivity contribution in [1.29, 1.82) is 0 Å². The van der Waals surface area contributed by atoms with Gasteiger partial charge in [-0.05, 0) is 55.2 Å². The van der Waals surface area contributed by atoms with Crippen molar-refractivity contribution >= 4 is 6.03 Å². The molecule has 1 N–H and O–H groups in total. The van der Waals surface area contributed by atoms with Gasteiger partial charge >= 0.3 is 6.03 Å². The lowest BCUT2D eigenvalue weighted by atomic mass is 10.1. The van der Waals surface area contributed by atoms with Crippen LogP contribution < -0.4 is 10.1 Å². The Balaban J connectivity index is 1.47. The average Bonchev–Trinajstić information content (AvgIpc) is 2.95. The largest absolute Gasteiger partial charge is 0.497 e. The van der Waals surface area contributed by atoms with Gasteiger partial charge in [-0.15, -0.1) is 0 Å². The number of halogens is 1. The highest BCUT2D eigenvalue weighted by Crippen LogP contribution is 2.14. The second-order valence-corrected chi connectivity index (χ2v) is 7.65. The molecule has 0 aliphatic carbocycles. The van der Waals surface area contributed by atoms with E-state index in [1.54, 1.807) is 7.11 Å². The van der Waals surface area contributed by atoms with Gasteiger partial charge < -0.3 is 15.0 Å². The van der Waals surface area contributed by atoms with Crippen LogP contribution in [0.15, 0.2) is 48.5 Å². The molecule has 1 atom stereocenters. The van der Waals surface area contributed by atoms with E-state index in [2.05, 4.69) is 10.2 Å². The summed E-state index contributed by atoms with van der Waals surface area (Å²) in [6.07, 6.45) is 1.69. The molecule has 2 amide bonds. The second-order valence-electron chi connectivity index (χ2n) is 7.65. The summed E-state index contributed by atoms with van der Waals surface area (Å²) in [5, 5.41) is 3.12. The maximum Gasteiger partial charge on any atom is 0.317 e. The molecule has 2 aromatic rings. The fourth-order valence-corrected chi connectivity index (χ4v) is 3.69. The Morgan fingerprint density at radius 2 is 1.90 bits per heavy atom. The highest BCUT2D eigenvalue weighted by atomic mass is 19.1. The van der Waals surface area contributed by atoms with Gasteiger partial charge in [0.15, 0.2) is 0 Å². The number of carbonyl (C=O) groups excluding carboxylic acids is 1.